The number of benzene rings is 1. The van der Waals surface area contributed by atoms with Crippen LogP contribution in [0.15, 0.2) is 17.2 Å². The number of phenolic OH excluding ortho intramolecular Hbond substituents is 1. The average molecular weight is 1300 g/mol. The van der Waals surface area contributed by atoms with Crippen LogP contribution in [0.3, 0.4) is 0 Å². The minimum Gasteiger partial charge on any atom is -0.508 e. The van der Waals surface area contributed by atoms with E-state index in [4.69, 9.17) is 38.9 Å². The number of thioether (sulfide) groups is 1. The van der Waals surface area contributed by atoms with Crippen LogP contribution in [0.2, 0.25) is 0 Å². The first-order chi connectivity index (χ1) is 42.7. The molecular weight excluding hydrogens is 1210 g/mol. The molecule has 89 heavy (non-hydrogen) atoms. The van der Waals surface area contributed by atoms with Gasteiger partial charge in [-0.3, -0.25) is 47.4 Å². The molecule has 3 aliphatic rings. The number of Topliss-reactive ketones (excluding diaryl/α,β-unsaturated/α-hetero) is 2. The summed E-state index contributed by atoms with van der Waals surface area (Å²) in [6, 6.07) is -4.10. The highest BCUT2D eigenvalue weighted by Gasteiger charge is 2.45. The Kier molecular flexibility index (Phi) is 32.3. The fraction of sp³-hybridized carbons (Fsp3) is 0.707. The molecule has 0 spiro atoms. The van der Waals surface area contributed by atoms with Gasteiger partial charge in [-0.1, -0.05) is 27.2 Å². The van der Waals surface area contributed by atoms with Gasteiger partial charge in [0.1, 0.15) is 28.9 Å². The predicted molar refractivity (Wildman–Crippen MR) is 322 cm³/mol. The molecule has 5 rings (SSSR count). The lowest BCUT2D eigenvalue weighted by Gasteiger charge is -2.32. The van der Waals surface area contributed by atoms with Crippen molar-refractivity contribution >= 4 is 86.4 Å². The lowest BCUT2D eigenvalue weighted by molar-refractivity contribution is -0.144. The number of aliphatic hydroxyl groups is 3. The zero-order valence-electron chi connectivity index (χ0n) is 51.1. The molecule has 0 radical (unpaired) electrons. The van der Waals surface area contributed by atoms with E-state index >= 15 is 4.21 Å². The Bertz CT molecular complexity index is 2700. The molecule has 1 aromatic heterocycles. The smallest absolute Gasteiger partial charge is 0.246 e. The molecule has 12 N–H and O–H groups in total. The number of fused-ring (bicyclic) bond motifs is 5. The van der Waals surface area contributed by atoms with E-state index in [1.54, 1.807) is 13.8 Å². The van der Waals surface area contributed by atoms with Crippen molar-refractivity contribution in [2.75, 3.05) is 130 Å². The van der Waals surface area contributed by atoms with Crippen molar-refractivity contribution < 1.29 is 101 Å². The Labute approximate surface area is 523 Å². The Morgan fingerprint density at radius 3 is 1.94 bits per heavy atom. The first kappa shape index (κ1) is 74.0. The second-order valence-corrected chi connectivity index (χ2v) is 24.5. The van der Waals surface area contributed by atoms with E-state index in [1.165, 1.54) is 30.8 Å². The summed E-state index contributed by atoms with van der Waals surface area (Å²) < 4.78 is 53.7. The molecule has 500 valence electrons. The third-order valence-corrected chi connectivity index (χ3v) is 17.9. The zero-order valence-corrected chi connectivity index (χ0v) is 52.7. The molecule has 1 saturated heterocycles. The van der Waals surface area contributed by atoms with E-state index in [0.717, 1.165) is 4.90 Å². The van der Waals surface area contributed by atoms with Crippen molar-refractivity contribution in [3.05, 3.63) is 23.3 Å². The number of H-pyrrole nitrogens is 1. The van der Waals surface area contributed by atoms with Crippen LogP contribution in [-0.4, -0.2) is 254 Å². The number of carbonyl (C=O) groups excluding carboxylic acids is 9. The summed E-state index contributed by atoms with van der Waals surface area (Å²) in [7, 11) is -2.43. The number of ether oxygens (including phenoxy) is 7. The third kappa shape index (κ3) is 23.5. The highest BCUT2D eigenvalue weighted by atomic mass is 32.2. The number of carbonyl (C=O) groups is 9. The van der Waals surface area contributed by atoms with Crippen molar-refractivity contribution in [3.63, 3.8) is 0 Å². The standard InChI is InChI=1S/C58H90N8O21S2/c1-5-34(3)40-25-37(68)28-60-53(75)36-23-41-39-7-8-46(70)42(32-88-22-21-87-20-19-86-18-17-85-16-15-84-14-13-83-12-11-82-10-9-81-6-2)52(39)65-57(41)89(80)33-44(62-50(74)29-61-54(40)76)55(77)63-43(27-49(59)73)58(79)66-30-38(69)26-45(66)56(78)64-51(47(71)24-36)35(4)48(72)31-67/h7-8,34-36,38,40,43-45,48,51,65,67,69-70,72H,5-6,9-33H2,1-4H3,(H2,59,73)(H,60,75)(H,61,76)(H,62,74)(H,63,77)(H,64,78)/t34-,35-,36+,38+,40-,43-,44+,45-,48-,51-,89?/m0/s1. The summed E-state index contributed by atoms with van der Waals surface area (Å²) in [5.74, 6) is -13.0. The minimum absolute atomic E-state index is 0.136. The van der Waals surface area contributed by atoms with Crippen LogP contribution < -0.4 is 32.3 Å². The monoisotopic (exact) mass is 1300 g/mol. The lowest BCUT2D eigenvalue weighted by Crippen LogP contribution is -2.60. The summed E-state index contributed by atoms with van der Waals surface area (Å²) in [6.45, 7) is 9.82. The molecule has 11 atom stereocenters. The van der Waals surface area contributed by atoms with E-state index in [0.29, 0.717) is 102 Å². The van der Waals surface area contributed by atoms with E-state index in [2.05, 4.69) is 31.6 Å². The number of aromatic hydroxyl groups is 1. The number of aliphatic hydroxyl groups excluding tert-OH is 3. The van der Waals surface area contributed by atoms with Crippen molar-refractivity contribution in [2.45, 2.75) is 113 Å². The SMILES string of the molecule is CCOCCOCCOCCOCCOCCOCCOCCSCc1c(O)ccc2c3c([nH]c12)S(=O)C[C@H]1NC(=O)CNC(=O)[C@H]([C@@H](C)CC)CC(=O)CNC(=O)[C@@H](CC(=O)[C@H]([C@@H](C)[C@@H](O)CO)NC(=O)[C@@H]2C[C@@H](O)CN2C(=O)[C@H](CC(N)=O)NC1=O)C3. The zero-order chi connectivity index (χ0) is 65.0. The Balaban J connectivity index is 1.42. The maximum Gasteiger partial charge on any atom is 0.246 e. The highest BCUT2D eigenvalue weighted by Crippen LogP contribution is 2.37. The summed E-state index contributed by atoms with van der Waals surface area (Å²) in [5.41, 5.74) is 6.27. The summed E-state index contributed by atoms with van der Waals surface area (Å²) in [5, 5.41) is 56.1. The van der Waals surface area contributed by atoms with Crippen LogP contribution in [0, 0.1) is 23.7 Å². The molecule has 7 amide bonds. The van der Waals surface area contributed by atoms with Gasteiger partial charge in [-0.15, -0.1) is 0 Å². The maximum atomic E-state index is 15.2. The van der Waals surface area contributed by atoms with Gasteiger partial charge in [-0.25, -0.2) is 0 Å². The van der Waals surface area contributed by atoms with E-state index < -0.39 is 181 Å². The number of amides is 7. The van der Waals surface area contributed by atoms with Gasteiger partial charge in [-0.2, -0.15) is 11.8 Å². The van der Waals surface area contributed by atoms with Crippen molar-refractivity contribution in [3.8, 4) is 5.75 Å². The minimum atomic E-state index is -2.43. The molecule has 1 fully saturated rings. The van der Waals surface area contributed by atoms with Crippen LogP contribution in [0.5, 0.6) is 5.75 Å². The third-order valence-electron chi connectivity index (χ3n) is 15.5. The number of nitrogens with one attached hydrogen (secondary N) is 6. The lowest BCUT2D eigenvalue weighted by atomic mass is 9.85. The normalized spacial score (nSPS) is 24.1. The van der Waals surface area contributed by atoms with Gasteiger partial charge in [-0.05, 0) is 37.0 Å². The van der Waals surface area contributed by atoms with Gasteiger partial charge < -0.3 is 95.8 Å². The molecule has 3 aliphatic heterocycles. The number of hydrogen-bond donors (Lipinski definition) is 11. The van der Waals surface area contributed by atoms with Gasteiger partial charge in [0.05, 0.1) is 152 Å². The van der Waals surface area contributed by atoms with Crippen LogP contribution in [0.1, 0.15) is 70.9 Å². The number of aromatic amines is 1. The predicted octanol–water partition coefficient (Wildman–Crippen LogP) is -2.37. The van der Waals surface area contributed by atoms with Crippen LogP contribution in [0.25, 0.3) is 10.9 Å². The van der Waals surface area contributed by atoms with Crippen LogP contribution in [0.4, 0.5) is 0 Å². The molecule has 2 aromatic rings. The van der Waals surface area contributed by atoms with E-state index in [9.17, 15) is 63.6 Å². The molecule has 2 bridgehead atoms. The Morgan fingerprint density at radius 1 is 0.764 bits per heavy atom. The molecule has 1 unspecified atom stereocenters. The largest absolute Gasteiger partial charge is 0.508 e. The molecule has 0 aliphatic carbocycles. The van der Waals surface area contributed by atoms with Crippen LogP contribution in [-0.2, 0) is 99.3 Å². The molecule has 4 heterocycles. The molecule has 29 nitrogen and oxygen atoms in total. The highest BCUT2D eigenvalue weighted by molar-refractivity contribution is 7.98. The number of aromatic nitrogens is 1. The molecule has 31 heteroatoms. The quantitative estimate of drug-likeness (QED) is 0.0352. The van der Waals surface area contributed by atoms with Crippen molar-refractivity contribution in [2.24, 2.45) is 29.4 Å². The Morgan fingerprint density at radius 2 is 1.36 bits per heavy atom. The van der Waals surface area contributed by atoms with E-state index in [-0.39, 0.29) is 47.2 Å². The number of nitrogens with zero attached hydrogens (tertiary/aromatic N) is 1. The first-order valence-electron chi connectivity index (χ1n) is 30.1. The second-order valence-electron chi connectivity index (χ2n) is 21.9. The van der Waals surface area contributed by atoms with Gasteiger partial charge in [0, 0.05) is 72.6 Å². The number of hydrogen-bond acceptors (Lipinski definition) is 22. The maximum absolute atomic E-state index is 15.2. The number of phenols is 1. The fourth-order valence-electron chi connectivity index (χ4n) is 10.3. The van der Waals surface area contributed by atoms with Gasteiger partial charge in [0.2, 0.25) is 41.4 Å². The summed E-state index contributed by atoms with van der Waals surface area (Å²) in [4.78, 5) is 131. The first-order valence-corrected chi connectivity index (χ1v) is 32.6. The molecule has 0 saturated carbocycles. The second kappa shape index (κ2) is 38.9. The number of rotatable bonds is 31. The van der Waals surface area contributed by atoms with Gasteiger partial charge in [0.15, 0.2) is 11.6 Å². The summed E-state index contributed by atoms with van der Waals surface area (Å²) >= 11 is 1.37. The van der Waals surface area contributed by atoms with Gasteiger partial charge >= 0.3 is 0 Å². The molecular formula is C58H90N8O21S2. The van der Waals surface area contributed by atoms with Crippen molar-refractivity contribution in [1.82, 2.24) is 36.5 Å². The number of nitrogens with two attached hydrogens (primary N) is 1. The topological polar surface area (TPSA) is 421 Å². The Hall–Kier alpha value is -5.71. The number of primary amides is 1. The van der Waals surface area contributed by atoms with Crippen molar-refractivity contribution in [1.29, 1.82) is 0 Å². The van der Waals surface area contributed by atoms with Gasteiger partial charge in [0.25, 0.3) is 0 Å². The number of ketones is 2. The molecule has 1 aromatic carbocycles. The van der Waals surface area contributed by atoms with E-state index in [1.807, 2.05) is 6.92 Å². The van der Waals surface area contributed by atoms with Crippen LogP contribution >= 0.6 is 11.8 Å². The fourth-order valence-corrected chi connectivity index (χ4v) is 12.5. The summed E-state index contributed by atoms with van der Waals surface area (Å²) in [6.07, 6.45) is -5.43. The average Bonchev–Trinajstić information content (AvgIpc) is 1.78.